The lowest BCUT2D eigenvalue weighted by atomic mass is 9.80. The molecule has 6 heteroatoms. The number of fused-ring (bicyclic) bond motifs is 1. The molecule has 0 atom stereocenters. The number of nitrogens with zero attached hydrogens (tertiary/aromatic N) is 1. The first kappa shape index (κ1) is 15.9. The number of carbonyl (C=O) groups is 2. The summed E-state index contributed by atoms with van der Waals surface area (Å²) in [4.78, 5) is 29.1. The average molecular weight is 335 g/mol. The molecule has 122 valence electrons. The van der Waals surface area contributed by atoms with Gasteiger partial charge in [-0.1, -0.05) is 36.9 Å². The lowest BCUT2D eigenvalue weighted by molar-refractivity contribution is -0.151. The van der Waals surface area contributed by atoms with E-state index in [4.69, 9.17) is 11.6 Å². The number of H-pyrrole nitrogens is 1. The van der Waals surface area contributed by atoms with Gasteiger partial charge in [0.2, 0.25) is 0 Å². The molecule has 23 heavy (non-hydrogen) atoms. The molecular weight excluding hydrogens is 316 g/mol. The molecule has 2 aromatic rings. The zero-order valence-corrected chi connectivity index (χ0v) is 13.7. The SMILES string of the molecule is CN(C(=O)c1cc2ccc(Cl)cc2[nH]1)C1(C(=O)O)CCCCC1. The third-order valence-electron chi connectivity index (χ3n) is 4.84. The molecule has 0 saturated heterocycles. The second-order valence-corrected chi connectivity index (χ2v) is 6.61. The molecule has 0 bridgehead atoms. The summed E-state index contributed by atoms with van der Waals surface area (Å²) in [6, 6.07) is 7.08. The van der Waals surface area contributed by atoms with Gasteiger partial charge in [0.15, 0.2) is 0 Å². The Balaban J connectivity index is 1.94. The molecule has 0 radical (unpaired) electrons. The van der Waals surface area contributed by atoms with Crippen LogP contribution in [-0.2, 0) is 4.79 Å². The van der Waals surface area contributed by atoms with E-state index in [9.17, 15) is 14.7 Å². The molecule has 5 nitrogen and oxygen atoms in total. The Hall–Kier alpha value is -2.01. The molecule has 1 aromatic heterocycles. The first-order chi connectivity index (χ1) is 10.9. The van der Waals surface area contributed by atoms with Gasteiger partial charge < -0.3 is 15.0 Å². The minimum Gasteiger partial charge on any atom is -0.479 e. The van der Waals surface area contributed by atoms with Crippen molar-refractivity contribution in [2.45, 2.75) is 37.6 Å². The number of carboxylic acid groups (broad SMARTS) is 1. The monoisotopic (exact) mass is 334 g/mol. The summed E-state index contributed by atoms with van der Waals surface area (Å²) in [7, 11) is 1.58. The van der Waals surface area contributed by atoms with Gasteiger partial charge in [0.05, 0.1) is 0 Å². The standard InChI is InChI=1S/C17H19ClN2O3/c1-20(17(16(22)23)7-3-2-4-8-17)15(21)14-9-11-5-6-12(18)10-13(11)19-14/h5-6,9-10,19H,2-4,7-8H2,1H3,(H,22,23). The van der Waals surface area contributed by atoms with E-state index in [2.05, 4.69) is 4.98 Å². The number of aromatic amines is 1. The quantitative estimate of drug-likeness (QED) is 0.899. The molecular formula is C17H19ClN2O3. The van der Waals surface area contributed by atoms with E-state index >= 15 is 0 Å². The Kier molecular flexibility index (Phi) is 4.06. The highest BCUT2D eigenvalue weighted by Crippen LogP contribution is 2.34. The van der Waals surface area contributed by atoms with Gasteiger partial charge in [-0.2, -0.15) is 0 Å². The lowest BCUT2D eigenvalue weighted by Crippen LogP contribution is -2.56. The smallest absolute Gasteiger partial charge is 0.329 e. The second-order valence-electron chi connectivity index (χ2n) is 6.18. The van der Waals surface area contributed by atoms with Crippen LogP contribution in [0.25, 0.3) is 10.9 Å². The van der Waals surface area contributed by atoms with Crippen molar-refractivity contribution in [2.75, 3.05) is 7.05 Å². The summed E-state index contributed by atoms with van der Waals surface area (Å²) >= 11 is 5.96. The number of carboxylic acids is 1. The van der Waals surface area contributed by atoms with Gasteiger partial charge in [-0.15, -0.1) is 0 Å². The molecule has 2 N–H and O–H groups in total. The zero-order chi connectivity index (χ0) is 16.6. The maximum absolute atomic E-state index is 12.8. The predicted octanol–water partition coefficient (Wildman–Crippen LogP) is 3.68. The van der Waals surface area contributed by atoms with Crippen molar-refractivity contribution in [2.24, 2.45) is 0 Å². The molecule has 1 heterocycles. The van der Waals surface area contributed by atoms with Crippen molar-refractivity contribution < 1.29 is 14.7 Å². The maximum atomic E-state index is 12.8. The van der Waals surface area contributed by atoms with Crippen molar-refractivity contribution in [3.05, 3.63) is 35.0 Å². The summed E-state index contributed by atoms with van der Waals surface area (Å²) in [6.07, 6.45) is 3.66. The van der Waals surface area contributed by atoms with E-state index in [1.54, 1.807) is 25.2 Å². The summed E-state index contributed by atoms with van der Waals surface area (Å²) in [5, 5.41) is 11.2. The number of hydrogen-bond donors (Lipinski definition) is 2. The van der Waals surface area contributed by atoms with E-state index in [0.717, 1.165) is 30.2 Å². The molecule has 1 aliphatic rings. The number of carbonyl (C=O) groups excluding carboxylic acids is 1. The predicted molar refractivity (Wildman–Crippen MR) is 88.9 cm³/mol. The highest BCUT2D eigenvalue weighted by Gasteiger charge is 2.45. The van der Waals surface area contributed by atoms with Crippen LogP contribution in [0.2, 0.25) is 5.02 Å². The number of amides is 1. The number of halogens is 1. The minimum atomic E-state index is -1.11. The van der Waals surface area contributed by atoms with Gasteiger partial charge in [0, 0.05) is 23.0 Å². The van der Waals surface area contributed by atoms with Crippen LogP contribution in [0.5, 0.6) is 0 Å². The molecule has 1 saturated carbocycles. The van der Waals surface area contributed by atoms with Crippen LogP contribution >= 0.6 is 11.6 Å². The summed E-state index contributed by atoms with van der Waals surface area (Å²) in [6.45, 7) is 0. The van der Waals surface area contributed by atoms with Gasteiger partial charge in [0.1, 0.15) is 11.2 Å². The van der Waals surface area contributed by atoms with Crippen LogP contribution in [0.4, 0.5) is 0 Å². The Morgan fingerprint density at radius 1 is 1.22 bits per heavy atom. The van der Waals surface area contributed by atoms with E-state index in [1.807, 2.05) is 6.07 Å². The molecule has 0 spiro atoms. The minimum absolute atomic E-state index is 0.304. The Bertz CT molecular complexity index is 762. The molecule has 0 unspecified atom stereocenters. The Morgan fingerprint density at radius 3 is 2.57 bits per heavy atom. The number of hydrogen-bond acceptors (Lipinski definition) is 2. The van der Waals surface area contributed by atoms with Gasteiger partial charge in [-0.05, 0) is 31.0 Å². The molecule has 1 amide bonds. The lowest BCUT2D eigenvalue weighted by Gasteiger charge is -2.40. The summed E-state index contributed by atoms with van der Waals surface area (Å²) in [5.74, 6) is -1.23. The van der Waals surface area contributed by atoms with Crippen molar-refractivity contribution in [1.29, 1.82) is 0 Å². The van der Waals surface area contributed by atoms with Crippen molar-refractivity contribution in [1.82, 2.24) is 9.88 Å². The van der Waals surface area contributed by atoms with E-state index in [-0.39, 0.29) is 5.91 Å². The summed E-state index contributed by atoms with van der Waals surface area (Å²) < 4.78 is 0. The highest BCUT2D eigenvalue weighted by molar-refractivity contribution is 6.31. The largest absolute Gasteiger partial charge is 0.479 e. The van der Waals surface area contributed by atoms with Crippen molar-refractivity contribution in [3.8, 4) is 0 Å². The zero-order valence-electron chi connectivity index (χ0n) is 12.9. The van der Waals surface area contributed by atoms with Crippen LogP contribution in [0.3, 0.4) is 0 Å². The molecule has 0 aliphatic heterocycles. The van der Waals surface area contributed by atoms with Crippen LogP contribution in [0, 0.1) is 0 Å². The van der Waals surface area contributed by atoms with Crippen molar-refractivity contribution in [3.63, 3.8) is 0 Å². The fourth-order valence-electron chi connectivity index (χ4n) is 3.42. The Morgan fingerprint density at radius 2 is 1.91 bits per heavy atom. The highest BCUT2D eigenvalue weighted by atomic mass is 35.5. The van der Waals surface area contributed by atoms with Crippen LogP contribution in [0.1, 0.15) is 42.6 Å². The van der Waals surface area contributed by atoms with E-state index in [1.165, 1.54) is 4.90 Å². The van der Waals surface area contributed by atoms with Crippen LogP contribution in [-0.4, -0.2) is 39.5 Å². The number of aliphatic carboxylic acids is 1. The fraction of sp³-hybridized carbons (Fsp3) is 0.412. The van der Waals surface area contributed by atoms with Crippen molar-refractivity contribution >= 4 is 34.4 Å². The third-order valence-corrected chi connectivity index (χ3v) is 5.08. The first-order valence-electron chi connectivity index (χ1n) is 7.74. The van der Waals surface area contributed by atoms with Gasteiger partial charge >= 0.3 is 5.97 Å². The van der Waals surface area contributed by atoms with Gasteiger partial charge in [-0.25, -0.2) is 4.79 Å². The number of likely N-dealkylation sites (N-methyl/N-ethyl adjacent to an activating group) is 1. The third kappa shape index (κ3) is 2.70. The fourth-order valence-corrected chi connectivity index (χ4v) is 3.59. The molecule has 1 fully saturated rings. The number of rotatable bonds is 3. The average Bonchev–Trinajstić information content (AvgIpc) is 2.97. The van der Waals surface area contributed by atoms with Crippen LogP contribution in [0.15, 0.2) is 24.3 Å². The molecule has 3 rings (SSSR count). The first-order valence-corrected chi connectivity index (χ1v) is 8.12. The summed E-state index contributed by atoms with van der Waals surface area (Å²) in [5.41, 5.74) is 0.0443. The number of aromatic nitrogens is 1. The topological polar surface area (TPSA) is 73.4 Å². The maximum Gasteiger partial charge on any atom is 0.329 e. The normalized spacial score (nSPS) is 17.1. The molecule has 1 aliphatic carbocycles. The second kappa shape index (κ2) is 5.89. The molecule has 1 aromatic carbocycles. The Labute approximate surface area is 139 Å². The van der Waals surface area contributed by atoms with Gasteiger partial charge in [-0.3, -0.25) is 4.79 Å². The number of benzene rings is 1. The number of nitrogens with one attached hydrogen (secondary N) is 1. The van der Waals surface area contributed by atoms with E-state index in [0.29, 0.717) is 23.6 Å². The van der Waals surface area contributed by atoms with E-state index < -0.39 is 11.5 Å². The van der Waals surface area contributed by atoms with Gasteiger partial charge in [0.25, 0.3) is 5.91 Å². The van der Waals surface area contributed by atoms with Crippen LogP contribution < -0.4 is 0 Å².